The summed E-state index contributed by atoms with van der Waals surface area (Å²) in [6.45, 7) is 4.22. The van der Waals surface area contributed by atoms with Crippen molar-refractivity contribution in [2.75, 3.05) is 0 Å². The number of rotatable bonds is 3. The third kappa shape index (κ3) is 3.04. The zero-order valence-electron chi connectivity index (χ0n) is 10.0. The van der Waals surface area contributed by atoms with Crippen LogP contribution in [0.3, 0.4) is 0 Å². The molecule has 0 aliphatic carbocycles. The second-order valence-corrected chi connectivity index (χ2v) is 4.76. The van der Waals surface area contributed by atoms with Gasteiger partial charge in [0.05, 0.1) is 11.4 Å². The predicted molar refractivity (Wildman–Crippen MR) is 70.4 cm³/mol. The molecule has 1 heterocycles. The molecule has 0 radical (unpaired) electrons. The molecule has 0 atom stereocenters. The van der Waals surface area contributed by atoms with Crippen LogP contribution in [0.15, 0.2) is 36.7 Å². The summed E-state index contributed by atoms with van der Waals surface area (Å²) in [6.07, 6.45) is 4.40. The summed E-state index contributed by atoms with van der Waals surface area (Å²) < 4.78 is 0. The Balaban J connectivity index is 2.17. The maximum absolute atomic E-state index is 6.11. The molecule has 2 rings (SSSR count). The first-order valence-corrected chi connectivity index (χ1v) is 6.09. The maximum Gasteiger partial charge on any atom is 0.0631 e. The topological polar surface area (TPSA) is 25.8 Å². The molecule has 88 valence electrons. The fourth-order valence-corrected chi connectivity index (χ4v) is 1.79. The molecule has 0 saturated heterocycles. The number of hydrogen-bond acceptors (Lipinski definition) is 2. The average molecular weight is 247 g/mol. The van der Waals surface area contributed by atoms with Crippen molar-refractivity contribution in [2.24, 2.45) is 0 Å². The zero-order chi connectivity index (χ0) is 12.3. The molecule has 0 bridgehead atoms. The molecule has 0 N–H and O–H groups in total. The van der Waals surface area contributed by atoms with Crippen molar-refractivity contribution in [3.8, 4) is 0 Å². The van der Waals surface area contributed by atoms with Crippen LogP contribution in [0.25, 0.3) is 0 Å². The predicted octanol–water partition coefficient (Wildman–Crippen LogP) is 3.84. The summed E-state index contributed by atoms with van der Waals surface area (Å²) in [7, 11) is 0. The van der Waals surface area contributed by atoms with Crippen LogP contribution in [0, 0.1) is 0 Å². The van der Waals surface area contributed by atoms with Gasteiger partial charge in [-0.25, -0.2) is 0 Å². The van der Waals surface area contributed by atoms with E-state index in [0.29, 0.717) is 5.92 Å². The minimum absolute atomic E-state index is 0.414. The van der Waals surface area contributed by atoms with Crippen LogP contribution < -0.4 is 0 Å². The van der Waals surface area contributed by atoms with Crippen molar-refractivity contribution in [1.82, 2.24) is 9.97 Å². The van der Waals surface area contributed by atoms with Crippen LogP contribution in [0.2, 0.25) is 5.02 Å². The Hall–Kier alpha value is -1.41. The molecule has 2 aromatic rings. The highest BCUT2D eigenvalue weighted by Crippen LogP contribution is 2.18. The number of hydrogen-bond donors (Lipinski definition) is 0. The summed E-state index contributed by atoms with van der Waals surface area (Å²) in [5, 5.41) is 0.780. The normalized spacial score (nSPS) is 10.8. The molecule has 0 spiro atoms. The van der Waals surface area contributed by atoms with Gasteiger partial charge in [-0.3, -0.25) is 9.97 Å². The lowest BCUT2D eigenvalue weighted by molar-refractivity contribution is 0.803. The van der Waals surface area contributed by atoms with Crippen molar-refractivity contribution in [3.05, 3.63) is 58.6 Å². The smallest absolute Gasteiger partial charge is 0.0631 e. The van der Waals surface area contributed by atoms with Gasteiger partial charge in [0.25, 0.3) is 0 Å². The Labute approximate surface area is 107 Å². The number of halogens is 1. The quantitative estimate of drug-likeness (QED) is 0.822. The second kappa shape index (κ2) is 5.28. The highest BCUT2D eigenvalue weighted by Gasteiger charge is 2.04. The van der Waals surface area contributed by atoms with E-state index in [0.717, 1.165) is 28.4 Å². The standard InChI is InChI=1S/C14H15ClN2/c1-10(2)14-9-16-12(8-17-14)7-11-5-3-4-6-13(11)15/h3-6,8-10H,7H2,1-2H3. The van der Waals surface area contributed by atoms with Crippen molar-refractivity contribution in [1.29, 1.82) is 0 Å². The van der Waals surface area contributed by atoms with Gasteiger partial charge in [0, 0.05) is 23.8 Å². The lowest BCUT2D eigenvalue weighted by Crippen LogP contribution is -1.98. The van der Waals surface area contributed by atoms with Gasteiger partial charge in [-0.2, -0.15) is 0 Å². The molecule has 3 heteroatoms. The Morgan fingerprint density at radius 3 is 2.47 bits per heavy atom. The molecule has 2 nitrogen and oxygen atoms in total. The van der Waals surface area contributed by atoms with E-state index < -0.39 is 0 Å². The van der Waals surface area contributed by atoms with E-state index in [1.807, 2.05) is 36.7 Å². The van der Waals surface area contributed by atoms with Crippen LogP contribution in [-0.2, 0) is 6.42 Å². The summed E-state index contributed by atoms with van der Waals surface area (Å²) in [4.78, 5) is 8.81. The average Bonchev–Trinajstić information content (AvgIpc) is 2.33. The molecule has 0 fully saturated rings. The monoisotopic (exact) mass is 246 g/mol. The maximum atomic E-state index is 6.11. The third-order valence-electron chi connectivity index (χ3n) is 2.65. The Kier molecular flexibility index (Phi) is 3.75. The number of benzene rings is 1. The minimum atomic E-state index is 0.414. The summed E-state index contributed by atoms with van der Waals surface area (Å²) in [5.41, 5.74) is 3.05. The van der Waals surface area contributed by atoms with Gasteiger partial charge in [-0.1, -0.05) is 43.6 Å². The molecule has 0 amide bonds. The highest BCUT2D eigenvalue weighted by atomic mass is 35.5. The van der Waals surface area contributed by atoms with E-state index in [-0.39, 0.29) is 0 Å². The first-order chi connectivity index (χ1) is 8.16. The van der Waals surface area contributed by atoms with E-state index in [9.17, 15) is 0 Å². The summed E-state index contributed by atoms with van der Waals surface area (Å²) >= 11 is 6.11. The lowest BCUT2D eigenvalue weighted by atomic mass is 10.1. The first-order valence-electron chi connectivity index (χ1n) is 5.71. The van der Waals surface area contributed by atoms with Crippen LogP contribution in [0.5, 0.6) is 0 Å². The number of aromatic nitrogens is 2. The summed E-state index contributed by atoms with van der Waals surface area (Å²) in [6, 6.07) is 7.82. The lowest BCUT2D eigenvalue weighted by Gasteiger charge is -2.06. The van der Waals surface area contributed by atoms with Crippen molar-refractivity contribution < 1.29 is 0 Å². The van der Waals surface area contributed by atoms with Gasteiger partial charge in [0.15, 0.2) is 0 Å². The van der Waals surface area contributed by atoms with Gasteiger partial charge in [-0.05, 0) is 17.5 Å². The van der Waals surface area contributed by atoms with Crippen LogP contribution in [0.1, 0.15) is 36.7 Å². The van der Waals surface area contributed by atoms with Gasteiger partial charge < -0.3 is 0 Å². The van der Waals surface area contributed by atoms with Crippen molar-refractivity contribution in [3.63, 3.8) is 0 Å². The van der Waals surface area contributed by atoms with E-state index in [1.54, 1.807) is 0 Å². The Morgan fingerprint density at radius 1 is 1.12 bits per heavy atom. The largest absolute Gasteiger partial charge is 0.258 e. The van der Waals surface area contributed by atoms with Crippen LogP contribution in [0.4, 0.5) is 0 Å². The molecule has 0 saturated carbocycles. The van der Waals surface area contributed by atoms with Gasteiger partial charge in [0.1, 0.15) is 0 Å². The third-order valence-corrected chi connectivity index (χ3v) is 3.01. The van der Waals surface area contributed by atoms with Crippen LogP contribution in [-0.4, -0.2) is 9.97 Å². The van der Waals surface area contributed by atoms with Crippen molar-refractivity contribution >= 4 is 11.6 Å². The summed E-state index contributed by atoms with van der Waals surface area (Å²) in [5.74, 6) is 0.414. The molecule has 0 aliphatic heterocycles. The van der Waals surface area contributed by atoms with Gasteiger partial charge in [0.2, 0.25) is 0 Å². The SMILES string of the molecule is CC(C)c1cnc(Cc2ccccc2Cl)cn1. The number of nitrogens with zero attached hydrogens (tertiary/aromatic N) is 2. The van der Waals surface area contributed by atoms with E-state index in [4.69, 9.17) is 11.6 Å². The van der Waals surface area contributed by atoms with Gasteiger partial charge in [-0.15, -0.1) is 0 Å². The Bertz CT molecular complexity index is 492. The molecule has 17 heavy (non-hydrogen) atoms. The molecular weight excluding hydrogens is 232 g/mol. The molecular formula is C14H15ClN2. The first kappa shape index (κ1) is 12.1. The van der Waals surface area contributed by atoms with E-state index in [2.05, 4.69) is 23.8 Å². The van der Waals surface area contributed by atoms with Gasteiger partial charge >= 0.3 is 0 Å². The fraction of sp³-hybridized carbons (Fsp3) is 0.286. The second-order valence-electron chi connectivity index (χ2n) is 4.36. The highest BCUT2D eigenvalue weighted by molar-refractivity contribution is 6.31. The molecule has 1 aromatic heterocycles. The van der Waals surface area contributed by atoms with Crippen LogP contribution >= 0.6 is 11.6 Å². The zero-order valence-corrected chi connectivity index (χ0v) is 10.8. The Morgan fingerprint density at radius 2 is 1.88 bits per heavy atom. The molecule has 0 unspecified atom stereocenters. The molecule has 1 aromatic carbocycles. The van der Waals surface area contributed by atoms with E-state index in [1.165, 1.54) is 0 Å². The molecule has 0 aliphatic rings. The minimum Gasteiger partial charge on any atom is -0.258 e. The van der Waals surface area contributed by atoms with Crippen molar-refractivity contribution in [2.45, 2.75) is 26.2 Å². The van der Waals surface area contributed by atoms with E-state index >= 15 is 0 Å². The fourth-order valence-electron chi connectivity index (χ4n) is 1.59.